The minimum Gasteiger partial charge on any atom is -0.381 e. The third-order valence-electron chi connectivity index (χ3n) is 3.10. The van der Waals surface area contributed by atoms with E-state index in [1.807, 2.05) is 0 Å². The van der Waals surface area contributed by atoms with Crippen molar-refractivity contribution in [2.45, 2.75) is 54.4 Å². The molecule has 2 heteroatoms. The van der Waals surface area contributed by atoms with Gasteiger partial charge in [0.15, 0.2) is 0 Å². The molecular formula is C15H33NO. The molecule has 0 heterocycles. The van der Waals surface area contributed by atoms with Crippen molar-refractivity contribution in [3.05, 3.63) is 0 Å². The van der Waals surface area contributed by atoms with Crippen LogP contribution in [0.25, 0.3) is 0 Å². The molecule has 0 amide bonds. The molecule has 1 N–H and O–H groups in total. The molecule has 0 radical (unpaired) electrons. The van der Waals surface area contributed by atoms with Crippen LogP contribution in [-0.4, -0.2) is 26.3 Å². The molecule has 2 nitrogen and oxygen atoms in total. The molecule has 0 aliphatic heterocycles. The van der Waals surface area contributed by atoms with Gasteiger partial charge in [0, 0.05) is 13.2 Å². The predicted octanol–water partition coefficient (Wildman–Crippen LogP) is 3.71. The Hall–Kier alpha value is -0.0800. The standard InChI is InChI=1S/C15H33NO/c1-7-9-16-11-14(15(4,5)6)8-10-17-12-13(2)3/h13-14,16H,7-12H2,1-6H3. The fourth-order valence-corrected chi connectivity index (χ4v) is 1.84. The molecular weight excluding hydrogens is 210 g/mol. The molecule has 0 bridgehead atoms. The van der Waals surface area contributed by atoms with E-state index in [-0.39, 0.29) is 0 Å². The molecule has 1 unspecified atom stereocenters. The molecule has 0 aromatic heterocycles. The van der Waals surface area contributed by atoms with Crippen molar-refractivity contribution < 1.29 is 4.74 Å². The van der Waals surface area contributed by atoms with Gasteiger partial charge >= 0.3 is 0 Å². The summed E-state index contributed by atoms with van der Waals surface area (Å²) in [4.78, 5) is 0. The molecule has 1 atom stereocenters. The van der Waals surface area contributed by atoms with Crippen LogP contribution in [0.15, 0.2) is 0 Å². The first-order chi connectivity index (χ1) is 7.88. The van der Waals surface area contributed by atoms with Gasteiger partial charge in [0.2, 0.25) is 0 Å². The number of rotatable bonds is 9. The van der Waals surface area contributed by atoms with E-state index >= 15 is 0 Å². The van der Waals surface area contributed by atoms with Crippen molar-refractivity contribution in [1.82, 2.24) is 5.32 Å². The van der Waals surface area contributed by atoms with Crippen molar-refractivity contribution in [2.24, 2.45) is 17.3 Å². The Balaban J connectivity index is 3.86. The SMILES string of the molecule is CCCNCC(CCOCC(C)C)C(C)(C)C. The summed E-state index contributed by atoms with van der Waals surface area (Å²) >= 11 is 0. The second-order valence-electron chi connectivity index (χ2n) is 6.52. The summed E-state index contributed by atoms with van der Waals surface area (Å²) in [7, 11) is 0. The lowest BCUT2D eigenvalue weighted by atomic mass is 9.79. The van der Waals surface area contributed by atoms with E-state index in [1.165, 1.54) is 6.42 Å². The quantitative estimate of drug-likeness (QED) is 0.623. The van der Waals surface area contributed by atoms with Crippen LogP contribution in [0.4, 0.5) is 0 Å². The second-order valence-corrected chi connectivity index (χ2v) is 6.52. The van der Waals surface area contributed by atoms with Crippen LogP contribution in [0, 0.1) is 17.3 Å². The van der Waals surface area contributed by atoms with Crippen LogP contribution in [0.5, 0.6) is 0 Å². The summed E-state index contributed by atoms with van der Waals surface area (Å²) in [6.07, 6.45) is 2.37. The monoisotopic (exact) mass is 243 g/mol. The van der Waals surface area contributed by atoms with Gasteiger partial charge in [0.25, 0.3) is 0 Å². The molecule has 17 heavy (non-hydrogen) atoms. The van der Waals surface area contributed by atoms with E-state index in [1.54, 1.807) is 0 Å². The smallest absolute Gasteiger partial charge is 0.0488 e. The van der Waals surface area contributed by atoms with E-state index in [4.69, 9.17) is 4.74 Å². The number of hydrogen-bond donors (Lipinski definition) is 1. The maximum absolute atomic E-state index is 5.70. The Morgan fingerprint density at radius 3 is 2.29 bits per heavy atom. The zero-order chi connectivity index (χ0) is 13.3. The number of nitrogens with one attached hydrogen (secondary N) is 1. The van der Waals surface area contributed by atoms with Crippen molar-refractivity contribution >= 4 is 0 Å². The normalized spacial score (nSPS) is 14.3. The van der Waals surface area contributed by atoms with Crippen molar-refractivity contribution in [3.63, 3.8) is 0 Å². The fraction of sp³-hybridized carbons (Fsp3) is 1.00. The molecule has 0 spiro atoms. The Labute approximate surface area is 109 Å². The number of hydrogen-bond acceptors (Lipinski definition) is 2. The highest BCUT2D eigenvalue weighted by atomic mass is 16.5. The summed E-state index contributed by atoms with van der Waals surface area (Å²) < 4.78 is 5.70. The zero-order valence-electron chi connectivity index (χ0n) is 12.8. The Kier molecular flexibility index (Phi) is 8.89. The van der Waals surface area contributed by atoms with Gasteiger partial charge in [0.05, 0.1) is 0 Å². The summed E-state index contributed by atoms with van der Waals surface area (Å²) in [6, 6.07) is 0. The van der Waals surface area contributed by atoms with E-state index in [2.05, 4.69) is 46.9 Å². The van der Waals surface area contributed by atoms with Crippen LogP contribution in [0.1, 0.15) is 54.4 Å². The molecule has 0 saturated heterocycles. The van der Waals surface area contributed by atoms with Crippen LogP contribution >= 0.6 is 0 Å². The van der Waals surface area contributed by atoms with Gasteiger partial charge in [-0.25, -0.2) is 0 Å². The van der Waals surface area contributed by atoms with Gasteiger partial charge in [-0.1, -0.05) is 41.5 Å². The summed E-state index contributed by atoms with van der Waals surface area (Å²) in [6.45, 7) is 17.6. The van der Waals surface area contributed by atoms with Crippen molar-refractivity contribution in [2.75, 3.05) is 26.3 Å². The highest BCUT2D eigenvalue weighted by Gasteiger charge is 2.23. The first-order valence-electron chi connectivity index (χ1n) is 7.16. The average molecular weight is 243 g/mol. The van der Waals surface area contributed by atoms with Gasteiger partial charge in [-0.2, -0.15) is 0 Å². The minimum atomic E-state index is 0.363. The lowest BCUT2D eigenvalue weighted by Gasteiger charge is -2.31. The molecule has 0 saturated carbocycles. The average Bonchev–Trinajstić information content (AvgIpc) is 2.19. The Morgan fingerprint density at radius 2 is 1.82 bits per heavy atom. The molecule has 0 aliphatic carbocycles. The molecule has 0 rings (SSSR count). The summed E-state index contributed by atoms with van der Waals surface area (Å²) in [5.74, 6) is 1.34. The Bertz CT molecular complexity index is 172. The van der Waals surface area contributed by atoms with Gasteiger partial charge in [-0.05, 0) is 43.2 Å². The predicted molar refractivity (Wildman–Crippen MR) is 76.4 cm³/mol. The maximum Gasteiger partial charge on any atom is 0.0488 e. The van der Waals surface area contributed by atoms with Crippen molar-refractivity contribution in [1.29, 1.82) is 0 Å². The van der Waals surface area contributed by atoms with E-state index in [9.17, 15) is 0 Å². The summed E-state index contributed by atoms with van der Waals surface area (Å²) in [5.41, 5.74) is 0.363. The number of ether oxygens (including phenoxy) is 1. The molecule has 0 aliphatic rings. The van der Waals surface area contributed by atoms with Crippen LogP contribution in [-0.2, 0) is 4.74 Å². The lowest BCUT2D eigenvalue weighted by molar-refractivity contribution is 0.0799. The first kappa shape index (κ1) is 16.9. The molecule has 0 aromatic rings. The largest absolute Gasteiger partial charge is 0.381 e. The topological polar surface area (TPSA) is 21.3 Å². The van der Waals surface area contributed by atoms with Gasteiger partial charge in [-0.3, -0.25) is 0 Å². The van der Waals surface area contributed by atoms with Gasteiger partial charge < -0.3 is 10.1 Å². The highest BCUT2D eigenvalue weighted by Crippen LogP contribution is 2.28. The van der Waals surface area contributed by atoms with Crippen LogP contribution < -0.4 is 5.32 Å². The molecule has 104 valence electrons. The van der Waals surface area contributed by atoms with E-state index < -0.39 is 0 Å². The third kappa shape index (κ3) is 9.61. The van der Waals surface area contributed by atoms with Gasteiger partial charge in [-0.15, -0.1) is 0 Å². The molecule has 0 fully saturated rings. The third-order valence-corrected chi connectivity index (χ3v) is 3.10. The van der Waals surface area contributed by atoms with E-state index in [0.29, 0.717) is 17.3 Å². The van der Waals surface area contributed by atoms with Gasteiger partial charge in [0.1, 0.15) is 0 Å². The van der Waals surface area contributed by atoms with Crippen LogP contribution in [0.3, 0.4) is 0 Å². The maximum atomic E-state index is 5.70. The Morgan fingerprint density at radius 1 is 1.18 bits per heavy atom. The van der Waals surface area contributed by atoms with E-state index in [0.717, 1.165) is 32.7 Å². The zero-order valence-corrected chi connectivity index (χ0v) is 12.8. The molecule has 0 aromatic carbocycles. The summed E-state index contributed by atoms with van der Waals surface area (Å²) in [5, 5.41) is 3.54. The van der Waals surface area contributed by atoms with Crippen LogP contribution in [0.2, 0.25) is 0 Å². The lowest BCUT2D eigenvalue weighted by Crippen LogP contribution is -2.33. The fourth-order valence-electron chi connectivity index (χ4n) is 1.84. The highest BCUT2D eigenvalue weighted by molar-refractivity contribution is 4.75. The second kappa shape index (κ2) is 8.93. The first-order valence-corrected chi connectivity index (χ1v) is 7.16. The van der Waals surface area contributed by atoms with Crippen molar-refractivity contribution in [3.8, 4) is 0 Å². The minimum absolute atomic E-state index is 0.363.